The van der Waals surface area contributed by atoms with Crippen LogP contribution in [0, 0.1) is 22.7 Å². The third-order valence-corrected chi connectivity index (χ3v) is 9.12. The molecule has 6 heteroatoms. The van der Waals surface area contributed by atoms with Gasteiger partial charge >= 0.3 is 5.97 Å². The van der Waals surface area contributed by atoms with Gasteiger partial charge in [-0.15, -0.1) is 11.3 Å². The average molecular weight is 420 g/mol. The van der Waals surface area contributed by atoms with Crippen LogP contribution in [0.25, 0.3) is 0 Å². The number of anilines is 1. The Bertz CT molecular complexity index is 736. The van der Waals surface area contributed by atoms with Crippen LogP contribution in [0.2, 0.25) is 0 Å². The molecule has 3 unspecified atom stereocenters. The maximum absolute atomic E-state index is 10.9. The second-order valence-electron chi connectivity index (χ2n) is 10.9. The van der Waals surface area contributed by atoms with Crippen molar-refractivity contribution in [3.05, 3.63) is 11.1 Å². The fraction of sp³-hybridized carbons (Fsp3) is 0.826. The quantitative estimate of drug-likeness (QED) is 0.767. The first-order valence-electron chi connectivity index (χ1n) is 11.3. The zero-order valence-electron chi connectivity index (χ0n) is 18.5. The highest BCUT2D eigenvalue weighted by Gasteiger charge is 2.50. The molecule has 4 rings (SSSR count). The minimum absolute atomic E-state index is 0.147. The van der Waals surface area contributed by atoms with Crippen LogP contribution >= 0.6 is 11.3 Å². The highest BCUT2D eigenvalue weighted by Crippen LogP contribution is 2.59. The van der Waals surface area contributed by atoms with E-state index in [0.29, 0.717) is 16.7 Å². The molecule has 0 bridgehead atoms. The lowest BCUT2D eigenvalue weighted by molar-refractivity contribution is -0.138. The first kappa shape index (κ1) is 21.1. The van der Waals surface area contributed by atoms with E-state index in [1.54, 1.807) is 11.3 Å². The molecule has 5 nitrogen and oxygen atoms in total. The lowest BCUT2D eigenvalue weighted by Gasteiger charge is -2.55. The summed E-state index contributed by atoms with van der Waals surface area (Å²) in [5.74, 6) is 1.51. The molecular weight excluding hydrogens is 382 g/mol. The van der Waals surface area contributed by atoms with Crippen LogP contribution in [0.15, 0.2) is 5.38 Å². The van der Waals surface area contributed by atoms with Gasteiger partial charge in [-0.05, 0) is 54.8 Å². The fourth-order valence-corrected chi connectivity index (χ4v) is 7.11. The van der Waals surface area contributed by atoms with E-state index in [0.717, 1.165) is 43.1 Å². The number of rotatable bonds is 4. The molecule has 1 aromatic heterocycles. The van der Waals surface area contributed by atoms with Gasteiger partial charge in [0.05, 0.1) is 12.2 Å². The van der Waals surface area contributed by atoms with Crippen LogP contribution in [0.1, 0.15) is 71.4 Å². The van der Waals surface area contributed by atoms with Crippen molar-refractivity contribution in [3.63, 3.8) is 0 Å². The summed E-state index contributed by atoms with van der Waals surface area (Å²) in [7, 11) is 0. The van der Waals surface area contributed by atoms with Crippen molar-refractivity contribution >= 4 is 22.4 Å². The van der Waals surface area contributed by atoms with E-state index >= 15 is 0 Å². The molecule has 29 heavy (non-hydrogen) atoms. The Kier molecular flexibility index (Phi) is 5.71. The molecule has 0 amide bonds. The van der Waals surface area contributed by atoms with Crippen LogP contribution in [-0.2, 0) is 4.79 Å². The van der Waals surface area contributed by atoms with E-state index in [1.165, 1.54) is 37.8 Å². The Labute approximate surface area is 179 Å². The van der Waals surface area contributed by atoms with E-state index < -0.39 is 5.97 Å². The predicted octanol–water partition coefficient (Wildman–Crippen LogP) is 4.70. The molecule has 162 valence electrons. The van der Waals surface area contributed by atoms with Gasteiger partial charge in [-0.1, -0.05) is 27.7 Å². The zero-order chi connectivity index (χ0) is 20.8. The number of nitrogens with zero attached hydrogens (tertiary/aromatic N) is 3. The number of aliphatic carboxylic acids is 1. The second kappa shape index (κ2) is 7.84. The van der Waals surface area contributed by atoms with Crippen LogP contribution in [0.3, 0.4) is 0 Å². The van der Waals surface area contributed by atoms with E-state index in [9.17, 15) is 4.79 Å². The van der Waals surface area contributed by atoms with Crippen molar-refractivity contribution < 1.29 is 9.90 Å². The summed E-state index contributed by atoms with van der Waals surface area (Å²) >= 11 is 1.77. The lowest BCUT2D eigenvalue weighted by atomic mass is 9.49. The molecule has 2 saturated carbocycles. The number of piperazine rings is 1. The van der Waals surface area contributed by atoms with Gasteiger partial charge in [-0.2, -0.15) is 0 Å². The Hall–Kier alpha value is -1.14. The average Bonchev–Trinajstić information content (AvgIpc) is 3.16. The molecule has 3 atom stereocenters. The summed E-state index contributed by atoms with van der Waals surface area (Å²) in [6.45, 7) is 13.5. The van der Waals surface area contributed by atoms with E-state index in [1.807, 2.05) is 4.90 Å². The van der Waals surface area contributed by atoms with Crippen molar-refractivity contribution in [2.24, 2.45) is 22.7 Å². The molecule has 0 spiro atoms. The number of carboxylic acids is 1. The summed E-state index contributed by atoms with van der Waals surface area (Å²) in [5, 5.41) is 12.4. The number of hydrogen-bond acceptors (Lipinski definition) is 5. The molecule has 1 aromatic rings. The third kappa shape index (κ3) is 4.34. The molecule has 0 radical (unpaired) electrons. The first-order chi connectivity index (χ1) is 13.7. The minimum atomic E-state index is -0.737. The van der Waals surface area contributed by atoms with Gasteiger partial charge in [-0.25, -0.2) is 4.98 Å². The second-order valence-corrected chi connectivity index (χ2v) is 11.7. The molecule has 1 N–H and O–H groups in total. The number of thiazole rings is 1. The summed E-state index contributed by atoms with van der Waals surface area (Å²) < 4.78 is 0. The van der Waals surface area contributed by atoms with Gasteiger partial charge in [-0.3, -0.25) is 9.69 Å². The van der Waals surface area contributed by atoms with Crippen molar-refractivity contribution in [2.75, 3.05) is 37.6 Å². The Morgan fingerprint density at radius 2 is 1.76 bits per heavy atom. The smallest absolute Gasteiger partial charge is 0.317 e. The number of carbonyl (C=O) groups is 1. The largest absolute Gasteiger partial charge is 0.480 e. The molecule has 3 aliphatic rings. The molecule has 3 fully saturated rings. The fourth-order valence-electron chi connectivity index (χ4n) is 6.15. The number of carboxylic acid groups (broad SMARTS) is 1. The number of fused-ring (bicyclic) bond motifs is 1. The van der Waals surface area contributed by atoms with E-state index in [-0.39, 0.29) is 6.54 Å². The Balaban J connectivity index is 1.41. The van der Waals surface area contributed by atoms with Gasteiger partial charge in [0.1, 0.15) is 0 Å². The Morgan fingerprint density at radius 1 is 1.10 bits per heavy atom. The maximum atomic E-state index is 10.9. The van der Waals surface area contributed by atoms with Gasteiger partial charge < -0.3 is 10.0 Å². The van der Waals surface area contributed by atoms with Crippen LogP contribution in [0.5, 0.6) is 0 Å². The zero-order valence-corrected chi connectivity index (χ0v) is 19.3. The number of hydrogen-bond donors (Lipinski definition) is 1. The van der Waals surface area contributed by atoms with Gasteiger partial charge in [0.25, 0.3) is 0 Å². The SMILES string of the molecule is CC1(C)CCC(C)(C)C2CC(c3csc(N4CCN(CC(=O)O)CC4)n3)CCC21. The highest BCUT2D eigenvalue weighted by atomic mass is 32.1. The van der Waals surface area contributed by atoms with Crippen molar-refractivity contribution in [3.8, 4) is 0 Å². The van der Waals surface area contributed by atoms with Crippen LogP contribution in [0.4, 0.5) is 5.13 Å². The van der Waals surface area contributed by atoms with Crippen molar-refractivity contribution in [1.29, 1.82) is 0 Å². The molecule has 0 aromatic carbocycles. The van der Waals surface area contributed by atoms with Gasteiger partial charge in [0.15, 0.2) is 5.13 Å². The lowest BCUT2D eigenvalue weighted by Crippen LogP contribution is -2.48. The van der Waals surface area contributed by atoms with Gasteiger partial charge in [0, 0.05) is 37.5 Å². The molecule has 2 heterocycles. The molecule has 1 aliphatic heterocycles. The van der Waals surface area contributed by atoms with E-state index in [4.69, 9.17) is 10.1 Å². The first-order valence-corrected chi connectivity index (χ1v) is 12.2. The molecule has 1 saturated heterocycles. The Morgan fingerprint density at radius 3 is 2.41 bits per heavy atom. The van der Waals surface area contributed by atoms with Crippen molar-refractivity contribution in [1.82, 2.24) is 9.88 Å². The van der Waals surface area contributed by atoms with Gasteiger partial charge in [0.2, 0.25) is 0 Å². The van der Waals surface area contributed by atoms with Crippen LogP contribution < -0.4 is 4.90 Å². The standard InChI is InChI=1S/C23H37N3O2S/c1-22(2)7-8-23(3,4)18-13-16(5-6-17(18)22)19-15-29-21(24-19)26-11-9-25(10-12-26)14-20(27)28/h15-18H,5-14H2,1-4H3,(H,27,28). The highest BCUT2D eigenvalue weighted by molar-refractivity contribution is 7.13. The third-order valence-electron chi connectivity index (χ3n) is 8.20. The monoisotopic (exact) mass is 419 g/mol. The molecular formula is C23H37N3O2S. The summed E-state index contributed by atoms with van der Waals surface area (Å²) in [4.78, 5) is 20.3. The minimum Gasteiger partial charge on any atom is -0.480 e. The van der Waals surface area contributed by atoms with Crippen molar-refractivity contribution in [2.45, 2.75) is 65.7 Å². The molecule has 2 aliphatic carbocycles. The summed E-state index contributed by atoms with van der Waals surface area (Å²) in [6.07, 6.45) is 6.61. The topological polar surface area (TPSA) is 56.7 Å². The number of aromatic nitrogens is 1. The summed E-state index contributed by atoms with van der Waals surface area (Å²) in [5.41, 5.74) is 2.22. The summed E-state index contributed by atoms with van der Waals surface area (Å²) in [6, 6.07) is 0. The van der Waals surface area contributed by atoms with E-state index in [2.05, 4.69) is 38.0 Å². The van der Waals surface area contributed by atoms with Crippen LogP contribution in [-0.4, -0.2) is 53.7 Å². The maximum Gasteiger partial charge on any atom is 0.317 e. The predicted molar refractivity (Wildman–Crippen MR) is 119 cm³/mol. The normalized spacial score (nSPS) is 32.0.